The molecule has 1 fully saturated rings. The summed E-state index contributed by atoms with van der Waals surface area (Å²) in [6, 6.07) is 0.429. The molecule has 0 aliphatic carbocycles. The molecule has 16 heavy (non-hydrogen) atoms. The lowest BCUT2D eigenvalue weighted by molar-refractivity contribution is 0.0482. The van der Waals surface area contributed by atoms with Gasteiger partial charge in [0.25, 0.3) is 0 Å². The van der Waals surface area contributed by atoms with Crippen molar-refractivity contribution in [2.75, 3.05) is 39.6 Å². The third-order valence-electron chi connectivity index (χ3n) is 2.81. The molecule has 1 heterocycles. The first-order chi connectivity index (χ1) is 7.84. The molecule has 1 saturated heterocycles. The van der Waals surface area contributed by atoms with Crippen LogP contribution in [0.2, 0.25) is 0 Å². The molecule has 96 valence electrons. The highest BCUT2D eigenvalue weighted by molar-refractivity contribution is 4.76. The minimum Gasteiger partial charge on any atom is -0.379 e. The summed E-state index contributed by atoms with van der Waals surface area (Å²) in [5, 5.41) is 3.42. The predicted molar refractivity (Wildman–Crippen MR) is 63.8 cm³/mol. The quantitative estimate of drug-likeness (QED) is 0.605. The van der Waals surface area contributed by atoms with E-state index in [1.54, 1.807) is 0 Å². The van der Waals surface area contributed by atoms with E-state index in [9.17, 15) is 0 Å². The third-order valence-corrected chi connectivity index (χ3v) is 2.81. The zero-order chi connectivity index (χ0) is 11.6. The van der Waals surface area contributed by atoms with Gasteiger partial charge in [-0.2, -0.15) is 0 Å². The Morgan fingerprint density at radius 1 is 1.31 bits per heavy atom. The van der Waals surface area contributed by atoms with Gasteiger partial charge in [-0.15, -0.1) is 0 Å². The molecular formula is C12H25NO3. The van der Waals surface area contributed by atoms with Crippen LogP contribution < -0.4 is 5.32 Å². The summed E-state index contributed by atoms with van der Waals surface area (Å²) in [7, 11) is 0. The Morgan fingerprint density at radius 2 is 2.12 bits per heavy atom. The van der Waals surface area contributed by atoms with Crippen molar-refractivity contribution in [3.8, 4) is 0 Å². The molecule has 0 saturated carbocycles. The monoisotopic (exact) mass is 231 g/mol. The van der Waals surface area contributed by atoms with Gasteiger partial charge in [-0.1, -0.05) is 0 Å². The van der Waals surface area contributed by atoms with Gasteiger partial charge in [0.1, 0.15) is 0 Å². The summed E-state index contributed by atoms with van der Waals surface area (Å²) in [5.41, 5.74) is 0. The fourth-order valence-corrected chi connectivity index (χ4v) is 1.85. The number of hydrogen-bond donors (Lipinski definition) is 1. The van der Waals surface area contributed by atoms with Crippen LogP contribution in [0.5, 0.6) is 0 Å². The molecule has 4 nitrogen and oxygen atoms in total. The van der Waals surface area contributed by atoms with E-state index < -0.39 is 0 Å². The Kier molecular flexibility index (Phi) is 7.76. The van der Waals surface area contributed by atoms with E-state index in [1.807, 2.05) is 6.92 Å². The Labute approximate surface area is 98.6 Å². The normalized spacial score (nSPS) is 22.5. The lowest BCUT2D eigenvalue weighted by Crippen LogP contribution is -2.38. The lowest BCUT2D eigenvalue weighted by atomic mass is 10.1. The lowest BCUT2D eigenvalue weighted by Gasteiger charge is -2.19. The second-order valence-corrected chi connectivity index (χ2v) is 4.10. The number of ether oxygens (including phenoxy) is 3. The molecular weight excluding hydrogens is 206 g/mol. The standard InChI is InChI=1S/C12H25NO3/c1-3-14-9-10-15-8-6-13-11(2)12-5-4-7-16-12/h11-13H,3-10H2,1-2H3. The van der Waals surface area contributed by atoms with Crippen molar-refractivity contribution in [3.63, 3.8) is 0 Å². The zero-order valence-electron chi connectivity index (χ0n) is 10.5. The van der Waals surface area contributed by atoms with Crippen molar-refractivity contribution in [1.29, 1.82) is 0 Å². The Balaban J connectivity index is 1.86. The number of rotatable bonds is 9. The van der Waals surface area contributed by atoms with Crippen LogP contribution in [0.15, 0.2) is 0 Å². The summed E-state index contributed by atoms with van der Waals surface area (Å²) >= 11 is 0. The first-order valence-corrected chi connectivity index (χ1v) is 6.35. The van der Waals surface area contributed by atoms with Gasteiger partial charge < -0.3 is 19.5 Å². The molecule has 2 atom stereocenters. The first kappa shape index (κ1) is 13.9. The van der Waals surface area contributed by atoms with Gasteiger partial charge in [-0.05, 0) is 26.7 Å². The van der Waals surface area contributed by atoms with Crippen LogP contribution in [0.25, 0.3) is 0 Å². The van der Waals surface area contributed by atoms with Gasteiger partial charge in [-0.3, -0.25) is 0 Å². The van der Waals surface area contributed by atoms with Crippen molar-refractivity contribution < 1.29 is 14.2 Å². The summed E-state index contributed by atoms with van der Waals surface area (Å²) in [5.74, 6) is 0. The van der Waals surface area contributed by atoms with E-state index in [1.165, 1.54) is 12.8 Å². The maximum absolute atomic E-state index is 5.60. The molecule has 1 aliphatic heterocycles. The second kappa shape index (κ2) is 8.93. The van der Waals surface area contributed by atoms with Crippen LogP contribution in [0.4, 0.5) is 0 Å². The predicted octanol–water partition coefficient (Wildman–Crippen LogP) is 1.20. The van der Waals surface area contributed by atoms with E-state index >= 15 is 0 Å². The molecule has 0 spiro atoms. The van der Waals surface area contributed by atoms with E-state index in [0.29, 0.717) is 25.4 Å². The molecule has 0 aromatic heterocycles. The molecule has 0 aromatic carbocycles. The van der Waals surface area contributed by atoms with Crippen molar-refractivity contribution in [2.24, 2.45) is 0 Å². The van der Waals surface area contributed by atoms with Crippen LogP contribution in [-0.2, 0) is 14.2 Å². The highest BCUT2D eigenvalue weighted by Crippen LogP contribution is 2.14. The van der Waals surface area contributed by atoms with Crippen molar-refractivity contribution in [3.05, 3.63) is 0 Å². The molecule has 4 heteroatoms. The third kappa shape index (κ3) is 5.80. The molecule has 0 bridgehead atoms. The molecule has 0 aromatic rings. The average molecular weight is 231 g/mol. The van der Waals surface area contributed by atoms with Crippen molar-refractivity contribution in [1.82, 2.24) is 5.32 Å². The number of hydrogen-bond acceptors (Lipinski definition) is 4. The van der Waals surface area contributed by atoms with Gasteiger partial charge in [-0.25, -0.2) is 0 Å². The van der Waals surface area contributed by atoms with Gasteiger partial charge in [0.15, 0.2) is 0 Å². The smallest absolute Gasteiger partial charge is 0.0726 e. The van der Waals surface area contributed by atoms with Crippen LogP contribution in [0.3, 0.4) is 0 Å². The summed E-state index contributed by atoms with van der Waals surface area (Å²) in [6.07, 6.45) is 2.77. The molecule has 1 aliphatic rings. The topological polar surface area (TPSA) is 39.7 Å². The highest BCUT2D eigenvalue weighted by Gasteiger charge is 2.21. The van der Waals surface area contributed by atoms with Gasteiger partial charge in [0, 0.05) is 25.8 Å². The summed E-state index contributed by atoms with van der Waals surface area (Å²) < 4.78 is 16.2. The zero-order valence-corrected chi connectivity index (χ0v) is 10.5. The molecule has 0 amide bonds. The minimum atomic E-state index is 0.392. The van der Waals surface area contributed by atoms with E-state index in [0.717, 1.165) is 26.4 Å². The van der Waals surface area contributed by atoms with E-state index in [4.69, 9.17) is 14.2 Å². The second-order valence-electron chi connectivity index (χ2n) is 4.10. The average Bonchev–Trinajstić information content (AvgIpc) is 2.81. The Morgan fingerprint density at radius 3 is 2.81 bits per heavy atom. The fourth-order valence-electron chi connectivity index (χ4n) is 1.85. The van der Waals surface area contributed by atoms with Gasteiger partial charge in [0.05, 0.1) is 25.9 Å². The van der Waals surface area contributed by atoms with Crippen LogP contribution >= 0.6 is 0 Å². The SMILES string of the molecule is CCOCCOCCNC(C)C1CCCO1. The van der Waals surface area contributed by atoms with Gasteiger partial charge >= 0.3 is 0 Å². The largest absolute Gasteiger partial charge is 0.379 e. The maximum atomic E-state index is 5.60. The number of nitrogens with one attached hydrogen (secondary N) is 1. The molecule has 1 rings (SSSR count). The molecule has 2 unspecified atom stereocenters. The van der Waals surface area contributed by atoms with Crippen molar-refractivity contribution >= 4 is 0 Å². The minimum absolute atomic E-state index is 0.392. The van der Waals surface area contributed by atoms with E-state index in [-0.39, 0.29) is 0 Å². The first-order valence-electron chi connectivity index (χ1n) is 6.35. The highest BCUT2D eigenvalue weighted by atomic mass is 16.5. The molecule has 1 N–H and O–H groups in total. The van der Waals surface area contributed by atoms with E-state index in [2.05, 4.69) is 12.2 Å². The summed E-state index contributed by atoms with van der Waals surface area (Å²) in [6.45, 7) is 8.85. The maximum Gasteiger partial charge on any atom is 0.0726 e. The van der Waals surface area contributed by atoms with Crippen LogP contribution in [0, 0.1) is 0 Å². The fraction of sp³-hybridized carbons (Fsp3) is 1.00. The Hall–Kier alpha value is -0.160. The van der Waals surface area contributed by atoms with Crippen LogP contribution in [0.1, 0.15) is 26.7 Å². The van der Waals surface area contributed by atoms with Crippen LogP contribution in [-0.4, -0.2) is 51.7 Å². The van der Waals surface area contributed by atoms with Crippen molar-refractivity contribution in [2.45, 2.75) is 38.8 Å². The molecule has 0 radical (unpaired) electrons. The summed E-state index contributed by atoms with van der Waals surface area (Å²) in [4.78, 5) is 0. The Bertz CT molecular complexity index is 160. The van der Waals surface area contributed by atoms with Gasteiger partial charge in [0.2, 0.25) is 0 Å².